The zero-order chi connectivity index (χ0) is 15.1. The van der Waals surface area contributed by atoms with Crippen molar-refractivity contribution < 1.29 is 9.53 Å². The van der Waals surface area contributed by atoms with Gasteiger partial charge in [0.15, 0.2) is 0 Å². The van der Waals surface area contributed by atoms with Gasteiger partial charge in [-0.1, -0.05) is 36.7 Å². The van der Waals surface area contributed by atoms with Crippen molar-refractivity contribution in [3.63, 3.8) is 0 Å². The average Bonchev–Trinajstić information content (AvgIpc) is 2.50. The van der Waals surface area contributed by atoms with Gasteiger partial charge in [0.05, 0.1) is 19.3 Å². The minimum atomic E-state index is 0.0998. The van der Waals surface area contributed by atoms with Crippen LogP contribution in [0, 0.1) is 0 Å². The molecule has 0 saturated carbocycles. The minimum absolute atomic E-state index is 0.0998. The summed E-state index contributed by atoms with van der Waals surface area (Å²) in [5.74, 6) is 0.0998. The van der Waals surface area contributed by atoms with Crippen LogP contribution in [0.1, 0.15) is 31.4 Å². The van der Waals surface area contributed by atoms with Gasteiger partial charge in [0.2, 0.25) is 5.91 Å². The SMILES string of the molecule is CCCC(=O)NC[C@H](c1ccccc1Cl)N1CCOCC1. The number of hydrogen-bond acceptors (Lipinski definition) is 3. The van der Waals surface area contributed by atoms with Crippen LogP contribution in [0.4, 0.5) is 0 Å². The molecule has 2 rings (SSSR count). The van der Waals surface area contributed by atoms with Crippen LogP contribution in [-0.2, 0) is 9.53 Å². The van der Waals surface area contributed by atoms with Crippen molar-refractivity contribution in [3.05, 3.63) is 34.9 Å². The molecule has 1 heterocycles. The van der Waals surface area contributed by atoms with Crippen molar-refractivity contribution in [1.29, 1.82) is 0 Å². The van der Waals surface area contributed by atoms with Gasteiger partial charge in [-0.05, 0) is 18.1 Å². The first-order valence-electron chi connectivity index (χ1n) is 7.55. The Morgan fingerprint density at radius 3 is 2.76 bits per heavy atom. The van der Waals surface area contributed by atoms with Crippen LogP contribution in [-0.4, -0.2) is 43.7 Å². The van der Waals surface area contributed by atoms with Crippen molar-refractivity contribution in [3.8, 4) is 0 Å². The van der Waals surface area contributed by atoms with E-state index >= 15 is 0 Å². The number of carbonyl (C=O) groups is 1. The van der Waals surface area contributed by atoms with E-state index in [2.05, 4.69) is 10.2 Å². The fraction of sp³-hybridized carbons (Fsp3) is 0.562. The van der Waals surface area contributed by atoms with E-state index in [1.807, 2.05) is 31.2 Å². The molecular formula is C16H23ClN2O2. The van der Waals surface area contributed by atoms with Crippen LogP contribution in [0.3, 0.4) is 0 Å². The molecule has 1 aromatic carbocycles. The molecule has 0 unspecified atom stereocenters. The van der Waals surface area contributed by atoms with Gasteiger partial charge in [0, 0.05) is 31.1 Å². The molecule has 1 fully saturated rings. The number of nitrogens with zero attached hydrogens (tertiary/aromatic N) is 1. The second-order valence-electron chi connectivity index (χ2n) is 5.24. The zero-order valence-electron chi connectivity index (χ0n) is 12.5. The largest absolute Gasteiger partial charge is 0.379 e. The lowest BCUT2D eigenvalue weighted by Crippen LogP contribution is -2.43. The van der Waals surface area contributed by atoms with Crippen molar-refractivity contribution in [2.75, 3.05) is 32.8 Å². The van der Waals surface area contributed by atoms with E-state index in [0.717, 1.165) is 43.3 Å². The third kappa shape index (κ3) is 4.70. The van der Waals surface area contributed by atoms with Gasteiger partial charge in [-0.3, -0.25) is 9.69 Å². The average molecular weight is 311 g/mol. The highest BCUT2D eigenvalue weighted by atomic mass is 35.5. The molecule has 1 atom stereocenters. The maximum atomic E-state index is 11.8. The second-order valence-corrected chi connectivity index (χ2v) is 5.65. The summed E-state index contributed by atoms with van der Waals surface area (Å²) in [7, 11) is 0. The Kier molecular flexibility index (Phi) is 6.49. The van der Waals surface area contributed by atoms with Crippen LogP contribution < -0.4 is 5.32 Å². The Bertz CT molecular complexity index is 461. The Hall–Kier alpha value is -1.10. The number of morpholine rings is 1. The number of benzene rings is 1. The zero-order valence-corrected chi connectivity index (χ0v) is 13.2. The molecule has 1 N–H and O–H groups in total. The molecule has 0 aliphatic carbocycles. The van der Waals surface area contributed by atoms with Crippen LogP contribution in [0.25, 0.3) is 0 Å². The van der Waals surface area contributed by atoms with E-state index in [1.165, 1.54) is 0 Å². The van der Waals surface area contributed by atoms with Gasteiger partial charge in [-0.25, -0.2) is 0 Å². The molecule has 1 amide bonds. The molecule has 5 heteroatoms. The van der Waals surface area contributed by atoms with E-state index < -0.39 is 0 Å². The van der Waals surface area contributed by atoms with Crippen molar-refractivity contribution in [2.24, 2.45) is 0 Å². The predicted molar refractivity (Wildman–Crippen MR) is 84.5 cm³/mol. The van der Waals surface area contributed by atoms with Crippen molar-refractivity contribution in [1.82, 2.24) is 10.2 Å². The first-order valence-corrected chi connectivity index (χ1v) is 7.93. The van der Waals surface area contributed by atoms with E-state index in [-0.39, 0.29) is 11.9 Å². The molecule has 1 aliphatic rings. The van der Waals surface area contributed by atoms with Gasteiger partial charge >= 0.3 is 0 Å². The topological polar surface area (TPSA) is 41.6 Å². The lowest BCUT2D eigenvalue weighted by atomic mass is 10.0. The summed E-state index contributed by atoms with van der Waals surface area (Å²) in [6.45, 7) is 5.77. The quantitative estimate of drug-likeness (QED) is 0.878. The van der Waals surface area contributed by atoms with E-state index in [9.17, 15) is 4.79 Å². The monoisotopic (exact) mass is 310 g/mol. The molecule has 116 valence electrons. The number of rotatable bonds is 6. The second kappa shape index (κ2) is 8.37. The molecule has 4 nitrogen and oxygen atoms in total. The molecule has 0 aromatic heterocycles. The predicted octanol–water partition coefficient (Wildman–Crippen LogP) is 2.63. The normalized spacial score (nSPS) is 17.4. The number of halogens is 1. The summed E-state index contributed by atoms with van der Waals surface area (Å²) in [4.78, 5) is 14.1. The molecule has 0 spiro atoms. The molecule has 0 bridgehead atoms. The molecule has 1 aliphatic heterocycles. The fourth-order valence-electron chi connectivity index (χ4n) is 2.60. The minimum Gasteiger partial charge on any atom is -0.379 e. The Balaban J connectivity index is 2.10. The molecule has 1 aromatic rings. The lowest BCUT2D eigenvalue weighted by molar-refractivity contribution is -0.121. The van der Waals surface area contributed by atoms with Gasteiger partial charge in [-0.2, -0.15) is 0 Å². The van der Waals surface area contributed by atoms with Gasteiger partial charge in [0.25, 0.3) is 0 Å². The fourth-order valence-corrected chi connectivity index (χ4v) is 2.86. The molecule has 21 heavy (non-hydrogen) atoms. The van der Waals surface area contributed by atoms with Gasteiger partial charge < -0.3 is 10.1 Å². The maximum Gasteiger partial charge on any atom is 0.220 e. The summed E-state index contributed by atoms with van der Waals surface area (Å²) in [6, 6.07) is 7.95. The first kappa shape index (κ1) is 16.3. The maximum absolute atomic E-state index is 11.8. The van der Waals surface area contributed by atoms with Crippen LogP contribution >= 0.6 is 11.6 Å². The van der Waals surface area contributed by atoms with E-state index in [1.54, 1.807) is 0 Å². The van der Waals surface area contributed by atoms with Gasteiger partial charge in [0.1, 0.15) is 0 Å². The Labute approximate surface area is 131 Å². The summed E-state index contributed by atoms with van der Waals surface area (Å²) in [5.41, 5.74) is 1.07. The Morgan fingerprint density at radius 2 is 2.10 bits per heavy atom. The van der Waals surface area contributed by atoms with E-state index in [4.69, 9.17) is 16.3 Å². The highest BCUT2D eigenvalue weighted by Crippen LogP contribution is 2.27. The van der Waals surface area contributed by atoms with Crippen molar-refractivity contribution >= 4 is 17.5 Å². The smallest absolute Gasteiger partial charge is 0.220 e. The molecule has 1 saturated heterocycles. The number of nitrogens with one attached hydrogen (secondary N) is 1. The number of carbonyl (C=O) groups excluding carboxylic acids is 1. The third-order valence-electron chi connectivity index (χ3n) is 3.72. The van der Waals surface area contributed by atoms with Crippen molar-refractivity contribution in [2.45, 2.75) is 25.8 Å². The first-order chi connectivity index (χ1) is 10.2. The highest BCUT2D eigenvalue weighted by Gasteiger charge is 2.24. The number of hydrogen-bond donors (Lipinski definition) is 1. The summed E-state index contributed by atoms with van der Waals surface area (Å²) < 4.78 is 5.42. The van der Waals surface area contributed by atoms with Crippen LogP contribution in [0.5, 0.6) is 0 Å². The summed E-state index contributed by atoms with van der Waals surface area (Å²) in [6.07, 6.45) is 1.43. The Morgan fingerprint density at radius 1 is 1.38 bits per heavy atom. The van der Waals surface area contributed by atoms with Gasteiger partial charge in [-0.15, -0.1) is 0 Å². The lowest BCUT2D eigenvalue weighted by Gasteiger charge is -2.35. The van der Waals surface area contributed by atoms with Crippen LogP contribution in [0.15, 0.2) is 24.3 Å². The molecular weight excluding hydrogens is 288 g/mol. The third-order valence-corrected chi connectivity index (χ3v) is 4.06. The van der Waals surface area contributed by atoms with E-state index in [0.29, 0.717) is 13.0 Å². The number of amides is 1. The highest BCUT2D eigenvalue weighted by molar-refractivity contribution is 6.31. The molecule has 0 radical (unpaired) electrons. The standard InChI is InChI=1S/C16H23ClN2O2/c1-2-5-16(20)18-12-15(19-8-10-21-11-9-19)13-6-3-4-7-14(13)17/h3-4,6-7,15H,2,5,8-12H2,1H3,(H,18,20)/t15-/m1/s1. The van der Waals surface area contributed by atoms with Crippen LogP contribution in [0.2, 0.25) is 5.02 Å². The number of ether oxygens (including phenoxy) is 1. The summed E-state index contributed by atoms with van der Waals surface area (Å²) in [5, 5.41) is 3.78. The summed E-state index contributed by atoms with van der Waals surface area (Å²) >= 11 is 6.34.